The molecule has 122 valence electrons. The van der Waals surface area contributed by atoms with Crippen LogP contribution in [0.1, 0.15) is 52.7 Å². The molecule has 0 bridgehead atoms. The van der Waals surface area contributed by atoms with Crippen molar-refractivity contribution in [3.63, 3.8) is 0 Å². The number of carbonyl (C=O) groups is 2. The number of rotatable bonds is 4. The maximum Gasteiger partial charge on any atom is 0.267 e. The second-order valence-corrected chi connectivity index (χ2v) is 7.20. The minimum atomic E-state index is -0.217. The molecule has 1 aromatic heterocycles. The van der Waals surface area contributed by atoms with Crippen molar-refractivity contribution < 1.29 is 9.59 Å². The summed E-state index contributed by atoms with van der Waals surface area (Å²) in [7, 11) is 0. The monoisotopic (exact) mass is 331 g/mol. The van der Waals surface area contributed by atoms with Gasteiger partial charge < -0.3 is 10.6 Å². The highest BCUT2D eigenvalue weighted by atomic mass is 32.1. The van der Waals surface area contributed by atoms with Gasteiger partial charge in [0, 0.05) is 23.2 Å². The minimum Gasteiger partial charge on any atom is -0.352 e. The molecule has 0 spiro atoms. The Bertz CT molecular complexity index is 717. The average Bonchev–Trinajstić information content (AvgIpc) is 2.98. The van der Waals surface area contributed by atoms with E-state index in [9.17, 15) is 9.59 Å². The van der Waals surface area contributed by atoms with E-state index in [1.54, 1.807) is 30.5 Å². The SMILES string of the molecule is CCNC(=O)c1cccc(NC(=O)c2cnc(C(C)(C)C)s2)c1. The van der Waals surface area contributed by atoms with E-state index in [0.29, 0.717) is 22.7 Å². The summed E-state index contributed by atoms with van der Waals surface area (Å²) in [6, 6.07) is 6.87. The van der Waals surface area contributed by atoms with Gasteiger partial charge in [-0.25, -0.2) is 4.98 Å². The van der Waals surface area contributed by atoms with Gasteiger partial charge in [-0.3, -0.25) is 9.59 Å². The number of aromatic nitrogens is 1. The van der Waals surface area contributed by atoms with Crippen LogP contribution in [0.4, 0.5) is 5.69 Å². The van der Waals surface area contributed by atoms with Gasteiger partial charge in [-0.05, 0) is 25.1 Å². The van der Waals surface area contributed by atoms with Crippen LogP contribution in [-0.2, 0) is 5.41 Å². The summed E-state index contributed by atoms with van der Waals surface area (Å²) in [4.78, 5) is 29.0. The molecule has 0 aliphatic rings. The smallest absolute Gasteiger partial charge is 0.267 e. The van der Waals surface area contributed by atoms with Crippen LogP contribution >= 0.6 is 11.3 Å². The summed E-state index contributed by atoms with van der Waals surface area (Å²) in [5.74, 6) is -0.373. The second-order valence-electron chi connectivity index (χ2n) is 6.17. The van der Waals surface area contributed by atoms with Crippen LogP contribution in [0, 0.1) is 0 Å². The lowest BCUT2D eigenvalue weighted by atomic mass is 9.98. The van der Waals surface area contributed by atoms with Crippen molar-refractivity contribution in [1.29, 1.82) is 0 Å². The van der Waals surface area contributed by atoms with Crippen molar-refractivity contribution in [2.75, 3.05) is 11.9 Å². The molecule has 0 saturated heterocycles. The van der Waals surface area contributed by atoms with Gasteiger partial charge in [-0.1, -0.05) is 26.8 Å². The fourth-order valence-electron chi connectivity index (χ4n) is 1.92. The zero-order valence-corrected chi connectivity index (χ0v) is 14.6. The predicted molar refractivity (Wildman–Crippen MR) is 93.2 cm³/mol. The van der Waals surface area contributed by atoms with Gasteiger partial charge in [0.1, 0.15) is 4.88 Å². The van der Waals surface area contributed by atoms with Gasteiger partial charge in [0.2, 0.25) is 0 Å². The Morgan fingerprint density at radius 2 is 1.96 bits per heavy atom. The van der Waals surface area contributed by atoms with E-state index in [2.05, 4.69) is 36.4 Å². The summed E-state index contributed by atoms with van der Waals surface area (Å²) < 4.78 is 0. The largest absolute Gasteiger partial charge is 0.352 e. The molecule has 0 aliphatic heterocycles. The zero-order valence-electron chi connectivity index (χ0n) is 13.8. The normalized spacial score (nSPS) is 11.1. The number of nitrogens with one attached hydrogen (secondary N) is 2. The van der Waals surface area contributed by atoms with E-state index in [1.807, 2.05) is 6.92 Å². The van der Waals surface area contributed by atoms with Gasteiger partial charge >= 0.3 is 0 Å². The summed E-state index contributed by atoms with van der Waals surface area (Å²) in [6.07, 6.45) is 1.59. The summed E-state index contributed by atoms with van der Waals surface area (Å²) in [5, 5.41) is 6.46. The lowest BCUT2D eigenvalue weighted by Crippen LogP contribution is -2.22. The van der Waals surface area contributed by atoms with Gasteiger partial charge in [0.15, 0.2) is 0 Å². The van der Waals surface area contributed by atoms with Crippen LogP contribution in [0.2, 0.25) is 0 Å². The van der Waals surface area contributed by atoms with Crippen LogP contribution < -0.4 is 10.6 Å². The van der Waals surface area contributed by atoms with E-state index in [0.717, 1.165) is 5.01 Å². The highest BCUT2D eigenvalue weighted by Crippen LogP contribution is 2.27. The topological polar surface area (TPSA) is 71.1 Å². The van der Waals surface area contributed by atoms with Crippen molar-refractivity contribution >= 4 is 28.8 Å². The molecule has 0 atom stereocenters. The molecule has 5 nitrogen and oxygen atoms in total. The molecule has 0 fully saturated rings. The molecule has 2 rings (SSSR count). The van der Waals surface area contributed by atoms with Crippen molar-refractivity contribution in [1.82, 2.24) is 10.3 Å². The van der Waals surface area contributed by atoms with Crippen LogP contribution in [-0.4, -0.2) is 23.3 Å². The van der Waals surface area contributed by atoms with E-state index in [4.69, 9.17) is 0 Å². The summed E-state index contributed by atoms with van der Waals surface area (Å²) in [6.45, 7) is 8.60. The maximum absolute atomic E-state index is 12.3. The van der Waals surface area contributed by atoms with Crippen molar-refractivity contribution in [3.05, 3.63) is 45.9 Å². The predicted octanol–water partition coefficient (Wildman–Crippen LogP) is 3.44. The molecule has 0 radical (unpaired) electrons. The van der Waals surface area contributed by atoms with Crippen molar-refractivity contribution in [2.24, 2.45) is 0 Å². The number of carbonyl (C=O) groups excluding carboxylic acids is 2. The summed E-state index contributed by atoms with van der Waals surface area (Å²) >= 11 is 1.38. The maximum atomic E-state index is 12.3. The van der Waals surface area contributed by atoms with Crippen molar-refractivity contribution in [3.8, 4) is 0 Å². The Morgan fingerprint density at radius 1 is 1.22 bits per heavy atom. The first-order valence-electron chi connectivity index (χ1n) is 7.47. The third-order valence-electron chi connectivity index (χ3n) is 3.09. The first-order valence-corrected chi connectivity index (χ1v) is 8.29. The molecular formula is C17H21N3O2S. The van der Waals surface area contributed by atoms with Crippen LogP contribution in [0.15, 0.2) is 30.5 Å². The number of nitrogens with zero attached hydrogens (tertiary/aromatic N) is 1. The molecule has 0 aliphatic carbocycles. The first kappa shape index (κ1) is 17.1. The van der Waals surface area contributed by atoms with Gasteiger partial charge in [-0.15, -0.1) is 11.3 Å². The van der Waals surface area contributed by atoms with E-state index in [-0.39, 0.29) is 17.2 Å². The second kappa shape index (κ2) is 6.91. The van der Waals surface area contributed by atoms with Gasteiger partial charge in [0.05, 0.1) is 11.2 Å². The molecule has 0 unspecified atom stereocenters. The molecule has 6 heteroatoms. The number of amides is 2. The third-order valence-corrected chi connectivity index (χ3v) is 4.51. The average molecular weight is 331 g/mol. The van der Waals surface area contributed by atoms with E-state index in [1.165, 1.54) is 11.3 Å². The molecule has 2 amide bonds. The number of hydrogen-bond acceptors (Lipinski definition) is 4. The minimum absolute atomic E-state index is 0.0820. The molecule has 1 heterocycles. The fourth-order valence-corrected chi connectivity index (χ4v) is 2.79. The van der Waals surface area contributed by atoms with Gasteiger partial charge in [-0.2, -0.15) is 0 Å². The fraction of sp³-hybridized carbons (Fsp3) is 0.353. The standard InChI is InChI=1S/C17H21N3O2S/c1-5-18-14(21)11-7-6-8-12(9-11)20-15(22)13-10-19-16(23-13)17(2,3)4/h6-10H,5H2,1-4H3,(H,18,21)(H,20,22). The quantitative estimate of drug-likeness (QED) is 0.901. The Morgan fingerprint density at radius 3 is 2.57 bits per heavy atom. The number of anilines is 1. The van der Waals surface area contributed by atoms with E-state index < -0.39 is 0 Å². The molecule has 1 aromatic carbocycles. The molecule has 2 N–H and O–H groups in total. The third kappa shape index (κ3) is 4.39. The zero-order chi connectivity index (χ0) is 17.0. The first-order chi connectivity index (χ1) is 10.8. The number of benzene rings is 1. The number of thiazole rings is 1. The number of hydrogen-bond donors (Lipinski definition) is 2. The molecule has 0 saturated carbocycles. The summed E-state index contributed by atoms with van der Waals surface area (Å²) in [5.41, 5.74) is 1.02. The van der Waals surface area contributed by atoms with E-state index >= 15 is 0 Å². The van der Waals surface area contributed by atoms with Crippen LogP contribution in [0.25, 0.3) is 0 Å². The molecule has 2 aromatic rings. The Labute approximate surface area is 140 Å². The Hall–Kier alpha value is -2.21. The van der Waals surface area contributed by atoms with Crippen LogP contribution in [0.3, 0.4) is 0 Å². The Kier molecular flexibility index (Phi) is 5.15. The lowest BCUT2D eigenvalue weighted by Gasteiger charge is -2.13. The van der Waals surface area contributed by atoms with Crippen LogP contribution in [0.5, 0.6) is 0 Å². The van der Waals surface area contributed by atoms with Gasteiger partial charge in [0.25, 0.3) is 11.8 Å². The molecular weight excluding hydrogens is 310 g/mol. The highest BCUT2D eigenvalue weighted by Gasteiger charge is 2.20. The molecule has 23 heavy (non-hydrogen) atoms. The highest BCUT2D eigenvalue weighted by molar-refractivity contribution is 7.13. The lowest BCUT2D eigenvalue weighted by molar-refractivity contribution is 0.0954. The van der Waals surface area contributed by atoms with Crippen molar-refractivity contribution in [2.45, 2.75) is 33.1 Å². The Balaban J connectivity index is 2.13.